The summed E-state index contributed by atoms with van der Waals surface area (Å²) in [6.07, 6.45) is 3.25. The molecule has 0 atom stereocenters. The number of carbonyl (C=O) groups excluding carboxylic acids is 1. The van der Waals surface area contributed by atoms with Crippen molar-refractivity contribution < 1.29 is 9.32 Å². The van der Waals surface area contributed by atoms with Gasteiger partial charge < -0.3 is 9.84 Å². The van der Waals surface area contributed by atoms with E-state index in [2.05, 4.69) is 36.5 Å². The zero-order chi connectivity index (χ0) is 14.5. The molecule has 0 aliphatic heterocycles. The number of nitrogens with one attached hydrogen (secondary N) is 1. The third kappa shape index (κ3) is 3.82. The lowest BCUT2D eigenvalue weighted by Crippen LogP contribution is -2.07. The van der Waals surface area contributed by atoms with Crippen molar-refractivity contribution in [2.45, 2.75) is 26.7 Å². The number of aromatic nitrogens is 1. The summed E-state index contributed by atoms with van der Waals surface area (Å²) in [6.45, 7) is 6.07. The lowest BCUT2D eigenvalue weighted by atomic mass is 10.0. The molecule has 0 radical (unpaired) electrons. The summed E-state index contributed by atoms with van der Waals surface area (Å²) in [6, 6.07) is 9.81. The summed E-state index contributed by atoms with van der Waals surface area (Å²) in [5, 5.41) is 6.33. The van der Waals surface area contributed by atoms with Gasteiger partial charge in [-0.1, -0.05) is 43.3 Å². The first kappa shape index (κ1) is 14.1. The Morgan fingerprint density at radius 3 is 2.55 bits per heavy atom. The molecule has 4 heteroatoms. The Balaban J connectivity index is 1.96. The van der Waals surface area contributed by atoms with Crippen LogP contribution in [0.5, 0.6) is 0 Å². The lowest BCUT2D eigenvalue weighted by Gasteiger charge is -2.04. The minimum Gasteiger partial charge on any atom is -0.360 e. The average Bonchev–Trinajstić information content (AvgIpc) is 2.82. The van der Waals surface area contributed by atoms with Crippen LogP contribution >= 0.6 is 0 Å². The van der Waals surface area contributed by atoms with Crippen molar-refractivity contribution in [1.82, 2.24) is 5.16 Å². The van der Waals surface area contributed by atoms with Gasteiger partial charge in [-0.2, -0.15) is 0 Å². The van der Waals surface area contributed by atoms with E-state index in [0.29, 0.717) is 17.5 Å². The van der Waals surface area contributed by atoms with Gasteiger partial charge in [0.25, 0.3) is 0 Å². The molecule has 0 unspecified atom stereocenters. The van der Waals surface area contributed by atoms with Crippen LogP contribution in [-0.2, 0) is 4.79 Å². The highest BCUT2D eigenvalue weighted by Gasteiger charge is 2.02. The van der Waals surface area contributed by atoms with Gasteiger partial charge in [-0.3, -0.25) is 4.79 Å². The van der Waals surface area contributed by atoms with Crippen molar-refractivity contribution >= 4 is 17.8 Å². The van der Waals surface area contributed by atoms with Crippen molar-refractivity contribution in [2.24, 2.45) is 0 Å². The normalized spacial score (nSPS) is 11.2. The molecule has 0 spiro atoms. The summed E-state index contributed by atoms with van der Waals surface area (Å²) in [4.78, 5) is 11.7. The number of amides is 1. The number of aryl methyl sites for hydroxylation is 1. The lowest BCUT2D eigenvalue weighted by molar-refractivity contribution is -0.111. The molecule has 20 heavy (non-hydrogen) atoms. The Hall–Kier alpha value is -2.36. The number of benzene rings is 1. The average molecular weight is 270 g/mol. The molecular weight excluding hydrogens is 252 g/mol. The Bertz CT molecular complexity index is 610. The van der Waals surface area contributed by atoms with Crippen LogP contribution in [0.4, 0.5) is 5.82 Å². The van der Waals surface area contributed by atoms with E-state index in [1.165, 1.54) is 11.6 Å². The summed E-state index contributed by atoms with van der Waals surface area (Å²) in [5.74, 6) is 1.36. The second-order valence-corrected chi connectivity index (χ2v) is 4.97. The van der Waals surface area contributed by atoms with Crippen LogP contribution in [-0.4, -0.2) is 11.1 Å². The van der Waals surface area contributed by atoms with Gasteiger partial charge in [0.2, 0.25) is 5.91 Å². The van der Waals surface area contributed by atoms with Crippen LogP contribution in [0.3, 0.4) is 0 Å². The first-order chi connectivity index (χ1) is 9.54. The fourth-order valence-electron chi connectivity index (χ4n) is 1.76. The van der Waals surface area contributed by atoms with Gasteiger partial charge >= 0.3 is 0 Å². The van der Waals surface area contributed by atoms with E-state index in [4.69, 9.17) is 4.52 Å². The predicted molar refractivity (Wildman–Crippen MR) is 79.4 cm³/mol. The molecule has 0 saturated carbocycles. The number of carbonyl (C=O) groups is 1. The van der Waals surface area contributed by atoms with Gasteiger partial charge in [0.05, 0.1) is 0 Å². The van der Waals surface area contributed by atoms with Gasteiger partial charge in [0.15, 0.2) is 5.82 Å². The molecule has 0 fully saturated rings. The molecular formula is C16H18N2O2. The topological polar surface area (TPSA) is 55.1 Å². The molecule has 0 saturated heterocycles. The maximum absolute atomic E-state index is 11.7. The van der Waals surface area contributed by atoms with Crippen LogP contribution in [0, 0.1) is 6.92 Å². The zero-order valence-electron chi connectivity index (χ0n) is 11.9. The molecule has 0 aliphatic rings. The molecule has 1 N–H and O–H groups in total. The van der Waals surface area contributed by atoms with Crippen LogP contribution in [0.15, 0.2) is 40.9 Å². The number of hydrogen-bond donors (Lipinski definition) is 1. The van der Waals surface area contributed by atoms with Crippen LogP contribution in [0.2, 0.25) is 0 Å². The Morgan fingerprint density at radius 2 is 2.00 bits per heavy atom. The highest BCUT2D eigenvalue weighted by Crippen LogP contribution is 2.15. The third-order valence-corrected chi connectivity index (χ3v) is 2.91. The van der Waals surface area contributed by atoms with Crippen molar-refractivity contribution in [3.05, 3.63) is 53.3 Å². The quantitative estimate of drug-likeness (QED) is 0.861. The first-order valence-corrected chi connectivity index (χ1v) is 6.57. The van der Waals surface area contributed by atoms with Crippen molar-refractivity contribution in [2.75, 3.05) is 5.32 Å². The molecule has 0 bridgehead atoms. The molecule has 0 aliphatic carbocycles. The first-order valence-electron chi connectivity index (χ1n) is 6.57. The SMILES string of the molecule is Cc1cc(NC(=O)C=Cc2ccc(C(C)C)cc2)no1. The van der Waals surface area contributed by atoms with E-state index in [1.54, 1.807) is 19.1 Å². The molecule has 4 nitrogen and oxygen atoms in total. The van der Waals surface area contributed by atoms with E-state index < -0.39 is 0 Å². The third-order valence-electron chi connectivity index (χ3n) is 2.91. The van der Waals surface area contributed by atoms with Crippen LogP contribution in [0.1, 0.15) is 36.7 Å². The molecule has 1 heterocycles. The van der Waals surface area contributed by atoms with E-state index in [9.17, 15) is 4.79 Å². The number of rotatable bonds is 4. The highest BCUT2D eigenvalue weighted by molar-refractivity contribution is 6.01. The van der Waals surface area contributed by atoms with E-state index in [0.717, 1.165) is 5.56 Å². The fourth-order valence-corrected chi connectivity index (χ4v) is 1.76. The zero-order valence-corrected chi connectivity index (χ0v) is 11.9. The standard InChI is InChI=1S/C16H18N2O2/c1-11(2)14-7-4-13(5-8-14)6-9-16(19)17-15-10-12(3)20-18-15/h4-11H,1-3H3,(H,17,18,19). The Kier molecular flexibility index (Phi) is 4.35. The second-order valence-electron chi connectivity index (χ2n) is 4.97. The minimum absolute atomic E-state index is 0.230. The predicted octanol–water partition coefficient (Wildman–Crippen LogP) is 3.76. The van der Waals surface area contributed by atoms with Gasteiger partial charge in [0.1, 0.15) is 5.76 Å². The summed E-state index contributed by atoms with van der Waals surface area (Å²) in [5.41, 5.74) is 2.27. The second kappa shape index (κ2) is 6.19. The molecule has 2 rings (SSSR count). The summed E-state index contributed by atoms with van der Waals surface area (Å²) >= 11 is 0. The number of hydrogen-bond acceptors (Lipinski definition) is 3. The molecule has 1 aromatic heterocycles. The van der Waals surface area contributed by atoms with Crippen molar-refractivity contribution in [1.29, 1.82) is 0 Å². The van der Waals surface area contributed by atoms with Gasteiger partial charge in [0, 0.05) is 12.1 Å². The van der Waals surface area contributed by atoms with Gasteiger partial charge in [-0.25, -0.2) is 0 Å². The van der Waals surface area contributed by atoms with Crippen molar-refractivity contribution in [3.8, 4) is 0 Å². The monoisotopic (exact) mass is 270 g/mol. The number of anilines is 1. The van der Waals surface area contributed by atoms with Gasteiger partial charge in [-0.15, -0.1) is 0 Å². The maximum Gasteiger partial charge on any atom is 0.249 e. The fraction of sp³-hybridized carbons (Fsp3) is 0.250. The Morgan fingerprint density at radius 1 is 1.30 bits per heavy atom. The highest BCUT2D eigenvalue weighted by atomic mass is 16.5. The van der Waals surface area contributed by atoms with Crippen molar-refractivity contribution in [3.63, 3.8) is 0 Å². The smallest absolute Gasteiger partial charge is 0.249 e. The minimum atomic E-state index is -0.230. The largest absolute Gasteiger partial charge is 0.360 e. The van der Waals surface area contributed by atoms with Gasteiger partial charge in [-0.05, 0) is 30.0 Å². The molecule has 1 aromatic carbocycles. The molecule has 2 aromatic rings. The van der Waals surface area contributed by atoms with Crippen LogP contribution in [0.25, 0.3) is 6.08 Å². The van der Waals surface area contributed by atoms with Crippen LogP contribution < -0.4 is 5.32 Å². The number of nitrogens with zero attached hydrogens (tertiary/aromatic N) is 1. The van der Waals surface area contributed by atoms with E-state index in [-0.39, 0.29) is 5.91 Å². The summed E-state index contributed by atoms with van der Waals surface area (Å²) in [7, 11) is 0. The van der Waals surface area contributed by atoms with E-state index >= 15 is 0 Å². The molecule has 104 valence electrons. The summed E-state index contributed by atoms with van der Waals surface area (Å²) < 4.78 is 4.87. The van der Waals surface area contributed by atoms with E-state index in [1.807, 2.05) is 12.1 Å². The Labute approximate surface area is 118 Å². The maximum atomic E-state index is 11.7. The molecule has 1 amide bonds.